The van der Waals surface area contributed by atoms with Crippen LogP contribution in [-0.4, -0.2) is 13.2 Å². The number of hydrogen-bond acceptors (Lipinski definition) is 3. The molecule has 118 valence electrons. The molecule has 0 spiro atoms. The summed E-state index contributed by atoms with van der Waals surface area (Å²) in [6, 6.07) is 14.8. The van der Waals surface area contributed by atoms with Crippen molar-refractivity contribution in [3.8, 4) is 11.5 Å². The lowest BCUT2D eigenvalue weighted by atomic mass is 10.1. The van der Waals surface area contributed by atoms with Crippen molar-refractivity contribution in [2.24, 2.45) is 0 Å². The van der Waals surface area contributed by atoms with Crippen molar-refractivity contribution in [3.05, 3.63) is 59.2 Å². The number of aryl methyl sites for hydroxylation is 1. The van der Waals surface area contributed by atoms with Crippen LogP contribution < -0.4 is 14.8 Å². The Labute approximate surface area is 133 Å². The second-order valence-corrected chi connectivity index (χ2v) is 5.76. The molecule has 0 amide bonds. The van der Waals surface area contributed by atoms with E-state index in [1.165, 1.54) is 5.56 Å². The minimum absolute atomic E-state index is 0.427. The summed E-state index contributed by atoms with van der Waals surface area (Å²) in [4.78, 5) is 0. The number of methoxy groups -OCH3 is 1. The molecule has 0 aliphatic carbocycles. The van der Waals surface area contributed by atoms with Crippen molar-refractivity contribution in [1.29, 1.82) is 0 Å². The number of benzene rings is 2. The predicted octanol–water partition coefficient (Wildman–Crippen LogP) is 4.08. The van der Waals surface area contributed by atoms with Crippen molar-refractivity contribution in [2.75, 3.05) is 7.11 Å². The van der Waals surface area contributed by atoms with Crippen molar-refractivity contribution < 1.29 is 9.47 Å². The summed E-state index contributed by atoms with van der Waals surface area (Å²) < 4.78 is 11.5. The molecule has 0 heterocycles. The quantitative estimate of drug-likeness (QED) is 0.835. The SMILES string of the molecule is COc1cccc(CNC(C)C)c1OCc1ccc(C)cc1. The number of ether oxygens (including phenoxy) is 2. The van der Waals surface area contributed by atoms with Crippen LogP contribution in [0, 0.1) is 6.92 Å². The lowest BCUT2D eigenvalue weighted by molar-refractivity contribution is 0.280. The van der Waals surface area contributed by atoms with Crippen LogP contribution in [0.1, 0.15) is 30.5 Å². The van der Waals surface area contributed by atoms with E-state index >= 15 is 0 Å². The molecular formula is C19H25NO2. The molecule has 0 atom stereocenters. The molecule has 22 heavy (non-hydrogen) atoms. The van der Waals surface area contributed by atoms with Crippen LogP contribution in [0.4, 0.5) is 0 Å². The van der Waals surface area contributed by atoms with Gasteiger partial charge in [-0.1, -0.05) is 55.8 Å². The first kappa shape index (κ1) is 16.4. The van der Waals surface area contributed by atoms with E-state index in [0.29, 0.717) is 12.6 Å². The van der Waals surface area contributed by atoms with Gasteiger partial charge in [0.15, 0.2) is 11.5 Å². The molecule has 0 aliphatic heterocycles. The number of nitrogens with one attached hydrogen (secondary N) is 1. The fraction of sp³-hybridized carbons (Fsp3) is 0.368. The molecule has 0 unspecified atom stereocenters. The smallest absolute Gasteiger partial charge is 0.166 e. The Hall–Kier alpha value is -2.00. The average Bonchev–Trinajstić information content (AvgIpc) is 2.52. The maximum Gasteiger partial charge on any atom is 0.166 e. The van der Waals surface area contributed by atoms with Crippen LogP contribution in [0.15, 0.2) is 42.5 Å². The van der Waals surface area contributed by atoms with Gasteiger partial charge in [0.2, 0.25) is 0 Å². The minimum atomic E-state index is 0.427. The number of rotatable bonds is 7. The van der Waals surface area contributed by atoms with Gasteiger partial charge in [0.05, 0.1) is 7.11 Å². The van der Waals surface area contributed by atoms with E-state index in [1.54, 1.807) is 7.11 Å². The fourth-order valence-corrected chi connectivity index (χ4v) is 2.18. The molecule has 1 N–H and O–H groups in total. The molecule has 2 aromatic carbocycles. The highest BCUT2D eigenvalue weighted by atomic mass is 16.5. The van der Waals surface area contributed by atoms with Gasteiger partial charge in [0.1, 0.15) is 6.61 Å². The minimum Gasteiger partial charge on any atom is -0.493 e. The van der Waals surface area contributed by atoms with Crippen molar-refractivity contribution in [3.63, 3.8) is 0 Å². The van der Waals surface area contributed by atoms with Crippen molar-refractivity contribution >= 4 is 0 Å². The third kappa shape index (κ3) is 4.50. The van der Waals surface area contributed by atoms with Crippen LogP contribution in [0.25, 0.3) is 0 Å². The number of para-hydroxylation sites is 1. The topological polar surface area (TPSA) is 30.5 Å². The summed E-state index contributed by atoms with van der Waals surface area (Å²) in [5.41, 5.74) is 3.52. The number of hydrogen-bond donors (Lipinski definition) is 1. The summed E-state index contributed by atoms with van der Waals surface area (Å²) >= 11 is 0. The van der Waals surface area contributed by atoms with E-state index in [4.69, 9.17) is 9.47 Å². The van der Waals surface area contributed by atoms with Gasteiger partial charge in [-0.25, -0.2) is 0 Å². The molecule has 0 saturated heterocycles. The van der Waals surface area contributed by atoms with E-state index in [9.17, 15) is 0 Å². The molecule has 3 nitrogen and oxygen atoms in total. The fourth-order valence-electron chi connectivity index (χ4n) is 2.18. The van der Waals surface area contributed by atoms with Crippen LogP contribution >= 0.6 is 0 Å². The third-order valence-electron chi connectivity index (χ3n) is 3.48. The average molecular weight is 299 g/mol. The first-order chi connectivity index (χ1) is 10.6. The first-order valence-electron chi connectivity index (χ1n) is 7.67. The van der Waals surface area contributed by atoms with Crippen LogP contribution in [0.3, 0.4) is 0 Å². The zero-order valence-electron chi connectivity index (χ0n) is 13.8. The van der Waals surface area contributed by atoms with Crippen LogP contribution in [-0.2, 0) is 13.2 Å². The molecule has 0 saturated carbocycles. The van der Waals surface area contributed by atoms with Gasteiger partial charge in [-0.3, -0.25) is 0 Å². The Morgan fingerprint density at radius 1 is 1.05 bits per heavy atom. The van der Waals surface area contributed by atoms with Gasteiger partial charge in [0, 0.05) is 18.2 Å². The summed E-state index contributed by atoms with van der Waals surface area (Å²) in [6.07, 6.45) is 0. The second kappa shape index (κ2) is 7.85. The van der Waals surface area contributed by atoms with Gasteiger partial charge in [-0.15, -0.1) is 0 Å². The van der Waals surface area contributed by atoms with E-state index in [-0.39, 0.29) is 0 Å². The normalized spacial score (nSPS) is 10.8. The van der Waals surface area contributed by atoms with Gasteiger partial charge < -0.3 is 14.8 Å². The largest absolute Gasteiger partial charge is 0.493 e. The highest BCUT2D eigenvalue weighted by Gasteiger charge is 2.11. The van der Waals surface area contributed by atoms with Gasteiger partial charge in [-0.05, 0) is 18.6 Å². The zero-order valence-corrected chi connectivity index (χ0v) is 13.8. The monoisotopic (exact) mass is 299 g/mol. The third-order valence-corrected chi connectivity index (χ3v) is 3.48. The molecule has 0 fully saturated rings. The summed E-state index contributed by atoms with van der Waals surface area (Å²) in [7, 11) is 1.67. The molecule has 0 bridgehead atoms. The maximum absolute atomic E-state index is 6.05. The Kier molecular flexibility index (Phi) is 5.84. The highest BCUT2D eigenvalue weighted by Crippen LogP contribution is 2.31. The van der Waals surface area contributed by atoms with Gasteiger partial charge in [-0.2, -0.15) is 0 Å². The molecule has 2 rings (SSSR count). The summed E-state index contributed by atoms with van der Waals surface area (Å²) in [5, 5.41) is 3.42. The molecule has 0 aliphatic rings. The molecule has 0 radical (unpaired) electrons. The first-order valence-corrected chi connectivity index (χ1v) is 7.67. The molecule has 3 heteroatoms. The lowest BCUT2D eigenvalue weighted by Gasteiger charge is -2.16. The summed E-state index contributed by atoms with van der Waals surface area (Å²) in [6.45, 7) is 7.65. The Morgan fingerprint density at radius 3 is 2.41 bits per heavy atom. The second-order valence-electron chi connectivity index (χ2n) is 5.76. The Morgan fingerprint density at radius 2 is 1.77 bits per heavy atom. The predicted molar refractivity (Wildman–Crippen MR) is 90.5 cm³/mol. The summed E-state index contributed by atoms with van der Waals surface area (Å²) in [5.74, 6) is 1.59. The van der Waals surface area contributed by atoms with E-state index in [2.05, 4.69) is 56.4 Å². The molecular weight excluding hydrogens is 274 g/mol. The molecule has 2 aromatic rings. The van der Waals surface area contributed by atoms with Gasteiger partial charge in [0.25, 0.3) is 0 Å². The Bertz CT molecular complexity index is 591. The van der Waals surface area contributed by atoms with Crippen molar-refractivity contribution in [1.82, 2.24) is 5.32 Å². The van der Waals surface area contributed by atoms with E-state index in [0.717, 1.165) is 29.2 Å². The molecule has 0 aromatic heterocycles. The van der Waals surface area contributed by atoms with Crippen molar-refractivity contribution in [2.45, 2.75) is 40.0 Å². The van der Waals surface area contributed by atoms with Crippen LogP contribution in [0.5, 0.6) is 11.5 Å². The van der Waals surface area contributed by atoms with Crippen LogP contribution in [0.2, 0.25) is 0 Å². The van der Waals surface area contributed by atoms with E-state index < -0.39 is 0 Å². The standard InChI is InChI=1S/C19H25NO2/c1-14(2)20-12-17-6-5-7-18(21-4)19(17)22-13-16-10-8-15(3)9-11-16/h5-11,14,20H,12-13H2,1-4H3. The maximum atomic E-state index is 6.05. The lowest BCUT2D eigenvalue weighted by Crippen LogP contribution is -2.22. The Balaban J connectivity index is 2.14. The zero-order chi connectivity index (χ0) is 15.9. The highest BCUT2D eigenvalue weighted by molar-refractivity contribution is 5.46. The van der Waals surface area contributed by atoms with E-state index in [1.807, 2.05) is 12.1 Å². The van der Waals surface area contributed by atoms with Gasteiger partial charge >= 0.3 is 0 Å².